The molecule has 0 aromatic heterocycles. The Morgan fingerprint density at radius 1 is 1.03 bits per heavy atom. The van der Waals surface area contributed by atoms with Gasteiger partial charge in [0.2, 0.25) is 0 Å². The zero-order valence-corrected chi connectivity index (χ0v) is 18.8. The molecular weight excluding hydrogens is 400 g/mol. The summed E-state index contributed by atoms with van der Waals surface area (Å²) in [6, 6.07) is 0. The van der Waals surface area contributed by atoms with Gasteiger partial charge in [0.25, 0.3) is 5.91 Å². The maximum Gasteiger partial charge on any atom is 0.407 e. The first kappa shape index (κ1) is 21.5. The molecule has 1 spiro atoms. The Balaban J connectivity index is 1.54. The zero-order chi connectivity index (χ0) is 22.6. The molecule has 2 fully saturated rings. The highest BCUT2D eigenvalue weighted by Crippen LogP contribution is 2.44. The molecule has 0 aliphatic carbocycles. The number of amides is 2. The Bertz CT molecular complexity index is 964. The SMILES string of the molecule is CC(=O)Oc1c(C)c(C)c2c(c1C)CCC(C)(C(=O)N1CCC3(CC1)CNC(=O)O3)O2. The number of alkyl carbamates (subject to hydrolysis) is 1. The van der Waals surface area contributed by atoms with E-state index in [1.165, 1.54) is 6.92 Å². The number of rotatable bonds is 2. The summed E-state index contributed by atoms with van der Waals surface area (Å²) in [5, 5.41) is 2.72. The van der Waals surface area contributed by atoms with Crippen molar-refractivity contribution in [1.82, 2.24) is 10.2 Å². The first-order valence-electron chi connectivity index (χ1n) is 10.8. The van der Waals surface area contributed by atoms with Gasteiger partial charge in [0.1, 0.15) is 17.1 Å². The van der Waals surface area contributed by atoms with E-state index in [0.717, 1.165) is 28.0 Å². The number of piperidine rings is 1. The number of esters is 1. The Labute approximate surface area is 182 Å². The average molecular weight is 431 g/mol. The van der Waals surface area contributed by atoms with Gasteiger partial charge in [-0.05, 0) is 50.8 Å². The van der Waals surface area contributed by atoms with E-state index in [0.29, 0.717) is 51.1 Å². The Hall–Kier alpha value is -2.77. The third kappa shape index (κ3) is 3.62. The van der Waals surface area contributed by atoms with Gasteiger partial charge in [-0.3, -0.25) is 9.59 Å². The van der Waals surface area contributed by atoms with E-state index in [-0.39, 0.29) is 18.0 Å². The lowest BCUT2D eigenvalue weighted by Gasteiger charge is -2.43. The van der Waals surface area contributed by atoms with E-state index < -0.39 is 11.2 Å². The number of carbonyl (C=O) groups excluding carboxylic acids is 3. The van der Waals surface area contributed by atoms with E-state index in [4.69, 9.17) is 14.2 Å². The van der Waals surface area contributed by atoms with Crippen molar-refractivity contribution in [1.29, 1.82) is 0 Å². The first-order chi connectivity index (χ1) is 14.6. The van der Waals surface area contributed by atoms with E-state index >= 15 is 0 Å². The van der Waals surface area contributed by atoms with Crippen LogP contribution in [-0.4, -0.2) is 53.7 Å². The normalized spacial score (nSPS) is 24.2. The fraction of sp³-hybridized carbons (Fsp3) is 0.609. The van der Waals surface area contributed by atoms with Crippen molar-refractivity contribution in [3.63, 3.8) is 0 Å². The average Bonchev–Trinajstić information content (AvgIpc) is 3.09. The van der Waals surface area contributed by atoms with Crippen LogP contribution in [0, 0.1) is 20.8 Å². The van der Waals surface area contributed by atoms with Crippen LogP contribution in [0.4, 0.5) is 4.79 Å². The summed E-state index contributed by atoms with van der Waals surface area (Å²) in [6.45, 7) is 10.6. The molecule has 31 heavy (non-hydrogen) atoms. The Kier molecular flexibility index (Phi) is 5.14. The van der Waals surface area contributed by atoms with Crippen LogP contribution in [0.15, 0.2) is 0 Å². The number of ether oxygens (including phenoxy) is 3. The molecule has 3 heterocycles. The molecule has 2 amide bonds. The number of nitrogens with zero attached hydrogens (tertiary/aromatic N) is 1. The molecule has 1 atom stereocenters. The molecule has 0 bridgehead atoms. The second-order valence-electron chi connectivity index (χ2n) is 9.16. The van der Waals surface area contributed by atoms with Crippen molar-refractivity contribution in [2.45, 2.75) is 71.5 Å². The second-order valence-corrected chi connectivity index (χ2v) is 9.16. The second kappa shape index (κ2) is 7.43. The van der Waals surface area contributed by atoms with E-state index in [9.17, 15) is 14.4 Å². The predicted octanol–water partition coefficient (Wildman–Crippen LogP) is 2.72. The highest BCUT2D eigenvalue weighted by atomic mass is 16.6. The Morgan fingerprint density at radius 2 is 1.71 bits per heavy atom. The first-order valence-corrected chi connectivity index (χ1v) is 10.8. The highest BCUT2D eigenvalue weighted by molar-refractivity contribution is 5.86. The summed E-state index contributed by atoms with van der Waals surface area (Å²) in [7, 11) is 0. The molecule has 0 radical (unpaired) electrons. The predicted molar refractivity (Wildman–Crippen MR) is 112 cm³/mol. The minimum Gasteiger partial charge on any atom is -0.477 e. The summed E-state index contributed by atoms with van der Waals surface area (Å²) in [6.07, 6.45) is 2.06. The van der Waals surface area contributed by atoms with Crippen LogP contribution in [-0.2, 0) is 20.7 Å². The van der Waals surface area contributed by atoms with Gasteiger partial charge in [0.05, 0.1) is 6.54 Å². The van der Waals surface area contributed by atoms with Crippen LogP contribution in [0.3, 0.4) is 0 Å². The van der Waals surface area contributed by atoms with E-state index in [1.54, 1.807) is 0 Å². The maximum absolute atomic E-state index is 13.5. The van der Waals surface area contributed by atoms with Crippen molar-refractivity contribution in [3.8, 4) is 11.5 Å². The van der Waals surface area contributed by atoms with Crippen molar-refractivity contribution in [2.75, 3.05) is 19.6 Å². The number of hydrogen-bond acceptors (Lipinski definition) is 6. The van der Waals surface area contributed by atoms with Gasteiger partial charge in [-0.25, -0.2) is 4.79 Å². The lowest BCUT2D eigenvalue weighted by Crippen LogP contribution is -2.57. The number of nitrogens with one attached hydrogen (secondary N) is 1. The van der Waals surface area contributed by atoms with Crippen LogP contribution in [0.2, 0.25) is 0 Å². The van der Waals surface area contributed by atoms with Crippen LogP contribution in [0.25, 0.3) is 0 Å². The Morgan fingerprint density at radius 3 is 2.29 bits per heavy atom. The molecule has 8 heteroatoms. The summed E-state index contributed by atoms with van der Waals surface area (Å²) in [4.78, 5) is 38.3. The minimum absolute atomic E-state index is 0.0379. The molecule has 3 aliphatic heterocycles. The third-order valence-electron chi connectivity index (χ3n) is 7.01. The molecule has 168 valence electrons. The highest BCUT2D eigenvalue weighted by Gasteiger charge is 2.48. The van der Waals surface area contributed by atoms with Crippen LogP contribution in [0.1, 0.15) is 55.4 Å². The summed E-state index contributed by atoms with van der Waals surface area (Å²) in [5.41, 5.74) is 2.15. The van der Waals surface area contributed by atoms with Gasteiger partial charge in [-0.1, -0.05) is 0 Å². The molecule has 2 saturated heterocycles. The maximum atomic E-state index is 13.5. The van der Waals surface area contributed by atoms with Gasteiger partial charge < -0.3 is 24.4 Å². The number of hydrogen-bond donors (Lipinski definition) is 1. The van der Waals surface area contributed by atoms with Crippen LogP contribution >= 0.6 is 0 Å². The molecular formula is C23H30N2O6. The number of benzene rings is 1. The number of likely N-dealkylation sites (tertiary alicyclic amines) is 1. The molecule has 1 aromatic rings. The summed E-state index contributed by atoms with van der Waals surface area (Å²) in [5.74, 6) is 0.913. The molecule has 1 unspecified atom stereocenters. The topological polar surface area (TPSA) is 94.2 Å². The smallest absolute Gasteiger partial charge is 0.407 e. The summed E-state index contributed by atoms with van der Waals surface area (Å²) < 4.78 is 17.3. The van der Waals surface area contributed by atoms with Crippen molar-refractivity contribution in [2.24, 2.45) is 0 Å². The number of fused-ring (bicyclic) bond motifs is 1. The standard InChI is InChI=1S/C23H30N2O6/c1-13-14(2)19-17(15(3)18(13)29-16(4)26)6-7-22(5,30-19)20(27)25-10-8-23(9-11-25)12-24-21(28)31-23/h6-12H2,1-5H3,(H,24,28). The molecule has 1 aromatic carbocycles. The lowest BCUT2D eigenvalue weighted by molar-refractivity contribution is -0.151. The van der Waals surface area contributed by atoms with Gasteiger partial charge >= 0.3 is 12.1 Å². The van der Waals surface area contributed by atoms with Gasteiger partial charge in [0, 0.05) is 44.8 Å². The summed E-state index contributed by atoms with van der Waals surface area (Å²) >= 11 is 0. The van der Waals surface area contributed by atoms with Crippen molar-refractivity contribution >= 4 is 18.0 Å². The molecule has 8 nitrogen and oxygen atoms in total. The fourth-order valence-corrected chi connectivity index (χ4v) is 4.91. The van der Waals surface area contributed by atoms with Crippen LogP contribution in [0.5, 0.6) is 11.5 Å². The monoisotopic (exact) mass is 430 g/mol. The minimum atomic E-state index is -0.964. The van der Waals surface area contributed by atoms with Gasteiger partial charge in [-0.15, -0.1) is 0 Å². The van der Waals surface area contributed by atoms with E-state index in [2.05, 4.69) is 5.32 Å². The molecule has 1 N–H and O–H groups in total. The van der Waals surface area contributed by atoms with Gasteiger partial charge in [0.15, 0.2) is 5.60 Å². The molecule has 3 aliphatic rings. The van der Waals surface area contributed by atoms with E-state index in [1.807, 2.05) is 32.6 Å². The third-order valence-corrected chi connectivity index (χ3v) is 7.01. The molecule has 0 saturated carbocycles. The quantitative estimate of drug-likeness (QED) is 0.573. The van der Waals surface area contributed by atoms with Crippen molar-refractivity contribution < 1.29 is 28.6 Å². The zero-order valence-electron chi connectivity index (χ0n) is 18.8. The van der Waals surface area contributed by atoms with Crippen LogP contribution < -0.4 is 14.8 Å². The fourth-order valence-electron chi connectivity index (χ4n) is 4.91. The van der Waals surface area contributed by atoms with Crippen molar-refractivity contribution in [3.05, 3.63) is 22.3 Å². The van der Waals surface area contributed by atoms with Gasteiger partial charge in [-0.2, -0.15) is 0 Å². The number of carbonyl (C=O) groups is 3. The lowest BCUT2D eigenvalue weighted by atomic mass is 9.85. The molecule has 4 rings (SSSR count). The largest absolute Gasteiger partial charge is 0.477 e.